The predicted molar refractivity (Wildman–Crippen MR) is 62.5 cm³/mol. The zero-order valence-corrected chi connectivity index (χ0v) is 10.1. The van der Waals surface area contributed by atoms with E-state index in [1.165, 1.54) is 0 Å². The van der Waals surface area contributed by atoms with Gasteiger partial charge in [0.2, 0.25) is 0 Å². The molecule has 0 fully saturated rings. The lowest BCUT2D eigenvalue weighted by molar-refractivity contribution is -0.142. The third-order valence-electron chi connectivity index (χ3n) is 2.45. The molecule has 0 aliphatic rings. The van der Waals surface area contributed by atoms with Crippen LogP contribution in [0.15, 0.2) is 28.7 Å². The van der Waals surface area contributed by atoms with Crippen LogP contribution in [-0.2, 0) is 4.79 Å². The molecule has 0 bridgehead atoms. The highest BCUT2D eigenvalue weighted by Gasteiger charge is 2.25. The van der Waals surface area contributed by atoms with Crippen LogP contribution in [0.5, 0.6) is 0 Å². The largest absolute Gasteiger partial charge is 0.481 e. The maximum Gasteiger partial charge on any atom is 0.308 e. The van der Waals surface area contributed by atoms with Crippen LogP contribution in [0.4, 0.5) is 0 Å². The molecule has 0 saturated carbocycles. The van der Waals surface area contributed by atoms with Crippen molar-refractivity contribution in [1.29, 1.82) is 0 Å². The second-order valence-corrected chi connectivity index (χ2v) is 4.25. The van der Waals surface area contributed by atoms with Crippen molar-refractivity contribution in [2.24, 2.45) is 11.7 Å². The Morgan fingerprint density at radius 2 is 2.13 bits per heavy atom. The summed E-state index contributed by atoms with van der Waals surface area (Å²) >= 11 is 3.37. The second kappa shape index (κ2) is 5.28. The highest BCUT2D eigenvalue weighted by atomic mass is 79.9. The Balaban J connectivity index is 2.97. The van der Waals surface area contributed by atoms with Gasteiger partial charge >= 0.3 is 5.97 Å². The minimum absolute atomic E-state index is 0.469. The minimum atomic E-state index is -0.847. The molecular formula is C11H14BrNO2. The first-order valence-corrected chi connectivity index (χ1v) is 5.60. The molecule has 82 valence electrons. The van der Waals surface area contributed by atoms with Gasteiger partial charge in [-0.3, -0.25) is 4.79 Å². The van der Waals surface area contributed by atoms with Gasteiger partial charge in [0.1, 0.15) is 0 Å². The molecule has 0 aromatic heterocycles. The van der Waals surface area contributed by atoms with Gasteiger partial charge in [-0.25, -0.2) is 0 Å². The summed E-state index contributed by atoms with van der Waals surface area (Å²) in [6.07, 6.45) is 0.526. The van der Waals surface area contributed by atoms with Crippen LogP contribution >= 0.6 is 15.9 Å². The number of nitrogens with two attached hydrogens (primary N) is 1. The number of carboxylic acids is 1. The van der Waals surface area contributed by atoms with Crippen LogP contribution in [0.2, 0.25) is 0 Å². The van der Waals surface area contributed by atoms with Gasteiger partial charge in [0.15, 0.2) is 0 Å². The smallest absolute Gasteiger partial charge is 0.308 e. The fourth-order valence-electron chi connectivity index (χ4n) is 1.54. The zero-order chi connectivity index (χ0) is 11.4. The normalized spacial score (nSPS) is 14.6. The first-order valence-electron chi connectivity index (χ1n) is 4.80. The van der Waals surface area contributed by atoms with E-state index in [2.05, 4.69) is 15.9 Å². The van der Waals surface area contributed by atoms with Gasteiger partial charge in [-0.05, 0) is 18.1 Å². The molecule has 4 heteroatoms. The molecule has 2 atom stereocenters. The van der Waals surface area contributed by atoms with Crippen molar-refractivity contribution in [2.75, 3.05) is 0 Å². The highest BCUT2D eigenvalue weighted by Crippen LogP contribution is 2.28. The van der Waals surface area contributed by atoms with Gasteiger partial charge in [0, 0.05) is 10.5 Å². The summed E-state index contributed by atoms with van der Waals surface area (Å²) in [7, 11) is 0. The molecule has 0 aliphatic carbocycles. The molecule has 0 aliphatic heterocycles. The summed E-state index contributed by atoms with van der Waals surface area (Å²) in [5, 5.41) is 9.00. The van der Waals surface area contributed by atoms with Crippen molar-refractivity contribution in [3.8, 4) is 0 Å². The fraction of sp³-hybridized carbons (Fsp3) is 0.364. The van der Waals surface area contributed by atoms with E-state index in [0.29, 0.717) is 6.42 Å². The summed E-state index contributed by atoms with van der Waals surface area (Å²) < 4.78 is 0.859. The molecule has 1 aromatic carbocycles. The Hall–Kier alpha value is -0.870. The number of benzene rings is 1. The number of aliphatic carboxylic acids is 1. The number of carboxylic acid groups (broad SMARTS) is 1. The lowest BCUT2D eigenvalue weighted by Crippen LogP contribution is -2.27. The van der Waals surface area contributed by atoms with Gasteiger partial charge in [0.05, 0.1) is 5.92 Å². The van der Waals surface area contributed by atoms with E-state index in [1.54, 1.807) is 0 Å². The van der Waals surface area contributed by atoms with Crippen LogP contribution in [0.3, 0.4) is 0 Å². The lowest BCUT2D eigenvalue weighted by atomic mass is 9.92. The monoisotopic (exact) mass is 271 g/mol. The van der Waals surface area contributed by atoms with Crippen LogP contribution in [0.25, 0.3) is 0 Å². The van der Waals surface area contributed by atoms with E-state index in [1.807, 2.05) is 31.2 Å². The van der Waals surface area contributed by atoms with Crippen LogP contribution in [0, 0.1) is 5.92 Å². The van der Waals surface area contributed by atoms with Crippen LogP contribution in [-0.4, -0.2) is 11.1 Å². The average molecular weight is 272 g/mol. The number of hydrogen-bond acceptors (Lipinski definition) is 2. The topological polar surface area (TPSA) is 63.3 Å². The van der Waals surface area contributed by atoms with Gasteiger partial charge in [-0.1, -0.05) is 41.1 Å². The van der Waals surface area contributed by atoms with Gasteiger partial charge in [0.25, 0.3) is 0 Å². The van der Waals surface area contributed by atoms with Crippen molar-refractivity contribution >= 4 is 21.9 Å². The standard InChI is InChI=1S/C11H14BrNO2/c1-2-7(11(14)15)10(13)8-5-3-4-6-9(8)12/h3-7,10H,2,13H2,1H3,(H,14,15). The molecular weight excluding hydrogens is 258 g/mol. The summed E-state index contributed by atoms with van der Waals surface area (Å²) in [5.74, 6) is -1.38. The SMILES string of the molecule is CCC(C(=O)O)C(N)c1ccccc1Br. The summed E-state index contributed by atoms with van der Waals surface area (Å²) in [6, 6.07) is 6.98. The van der Waals surface area contributed by atoms with Gasteiger partial charge in [-0.2, -0.15) is 0 Å². The molecule has 0 heterocycles. The Bertz CT molecular complexity index is 354. The highest BCUT2D eigenvalue weighted by molar-refractivity contribution is 9.10. The maximum absolute atomic E-state index is 11.0. The molecule has 3 nitrogen and oxygen atoms in total. The van der Waals surface area contributed by atoms with Crippen LogP contribution < -0.4 is 5.73 Å². The van der Waals surface area contributed by atoms with E-state index in [4.69, 9.17) is 10.8 Å². The molecule has 15 heavy (non-hydrogen) atoms. The molecule has 0 amide bonds. The molecule has 0 spiro atoms. The van der Waals surface area contributed by atoms with Gasteiger partial charge < -0.3 is 10.8 Å². The first-order chi connectivity index (χ1) is 7.07. The van der Waals surface area contributed by atoms with E-state index >= 15 is 0 Å². The van der Waals surface area contributed by atoms with E-state index in [9.17, 15) is 4.79 Å². The quantitative estimate of drug-likeness (QED) is 0.885. The zero-order valence-electron chi connectivity index (χ0n) is 8.48. The summed E-state index contributed by atoms with van der Waals surface area (Å²) in [6.45, 7) is 1.83. The van der Waals surface area contributed by atoms with Crippen molar-refractivity contribution < 1.29 is 9.90 Å². The Labute approximate surface area is 97.4 Å². The molecule has 3 N–H and O–H groups in total. The minimum Gasteiger partial charge on any atom is -0.481 e. The van der Waals surface area contributed by atoms with E-state index < -0.39 is 17.9 Å². The Kier molecular flexibility index (Phi) is 4.29. The first kappa shape index (κ1) is 12.2. The number of carbonyl (C=O) groups is 1. The molecule has 0 saturated heterocycles. The third kappa shape index (κ3) is 2.79. The molecule has 0 radical (unpaired) electrons. The summed E-state index contributed by atoms with van der Waals surface area (Å²) in [4.78, 5) is 11.0. The Morgan fingerprint density at radius 3 is 2.60 bits per heavy atom. The van der Waals surface area contributed by atoms with E-state index in [-0.39, 0.29) is 0 Å². The van der Waals surface area contributed by atoms with Crippen LogP contribution in [0.1, 0.15) is 24.9 Å². The Morgan fingerprint density at radius 1 is 1.53 bits per heavy atom. The molecule has 1 rings (SSSR count). The number of halogens is 1. The van der Waals surface area contributed by atoms with Crippen molar-refractivity contribution in [1.82, 2.24) is 0 Å². The second-order valence-electron chi connectivity index (χ2n) is 3.40. The maximum atomic E-state index is 11.0. The van der Waals surface area contributed by atoms with Crippen molar-refractivity contribution in [3.63, 3.8) is 0 Å². The molecule has 2 unspecified atom stereocenters. The molecule has 1 aromatic rings. The summed E-state index contributed by atoms with van der Waals surface area (Å²) in [5.41, 5.74) is 6.78. The average Bonchev–Trinajstić information content (AvgIpc) is 2.18. The van der Waals surface area contributed by atoms with E-state index in [0.717, 1.165) is 10.0 Å². The predicted octanol–water partition coefficient (Wildman–Crippen LogP) is 2.56. The number of rotatable bonds is 4. The lowest BCUT2D eigenvalue weighted by Gasteiger charge is -2.20. The number of hydrogen-bond donors (Lipinski definition) is 2. The fourth-order valence-corrected chi connectivity index (χ4v) is 2.09. The van der Waals surface area contributed by atoms with Crippen molar-refractivity contribution in [2.45, 2.75) is 19.4 Å². The van der Waals surface area contributed by atoms with Crippen molar-refractivity contribution in [3.05, 3.63) is 34.3 Å². The van der Waals surface area contributed by atoms with Gasteiger partial charge in [-0.15, -0.1) is 0 Å². The third-order valence-corrected chi connectivity index (χ3v) is 3.18.